The molecule has 0 bridgehead atoms. The maximum Gasteiger partial charge on any atom is 0.192 e. The number of nitrogens with one attached hydrogen (secondary N) is 1. The van der Waals surface area contributed by atoms with Crippen molar-refractivity contribution in [2.45, 2.75) is 64.3 Å². The molecule has 3 heteroatoms. The molecule has 1 fully saturated rings. The van der Waals surface area contributed by atoms with E-state index in [0.29, 0.717) is 5.04 Å². The van der Waals surface area contributed by atoms with E-state index in [1.54, 1.807) is 0 Å². The van der Waals surface area contributed by atoms with Crippen LogP contribution in [0.5, 0.6) is 0 Å². The van der Waals surface area contributed by atoms with Crippen molar-refractivity contribution in [3.8, 4) is 0 Å². The molecule has 2 nitrogen and oxygen atoms in total. The molecule has 15 heavy (non-hydrogen) atoms. The molecule has 0 spiro atoms. The summed E-state index contributed by atoms with van der Waals surface area (Å²) in [5.74, 6) is 0. The van der Waals surface area contributed by atoms with Crippen LogP contribution >= 0.6 is 0 Å². The molecule has 1 rings (SSSR count). The van der Waals surface area contributed by atoms with Crippen molar-refractivity contribution in [3.63, 3.8) is 0 Å². The second-order valence-electron chi connectivity index (χ2n) is 6.59. The lowest BCUT2D eigenvalue weighted by atomic mass is 9.97. The minimum atomic E-state index is -1.60. The van der Waals surface area contributed by atoms with Gasteiger partial charge in [0.05, 0.1) is 5.60 Å². The first-order valence-electron chi connectivity index (χ1n) is 6.07. The minimum absolute atomic E-state index is 0.0707. The smallest absolute Gasteiger partial charge is 0.192 e. The van der Waals surface area contributed by atoms with E-state index in [0.717, 1.165) is 13.1 Å². The fourth-order valence-corrected chi connectivity index (χ4v) is 3.60. The predicted molar refractivity (Wildman–Crippen MR) is 68.8 cm³/mol. The normalized spacial score (nSPS) is 29.2. The van der Waals surface area contributed by atoms with Gasteiger partial charge in [0.15, 0.2) is 8.32 Å². The molecule has 0 amide bonds. The second-order valence-corrected chi connectivity index (χ2v) is 11.3. The van der Waals surface area contributed by atoms with Crippen LogP contribution in [0.1, 0.15) is 40.5 Å². The third-order valence-corrected chi connectivity index (χ3v) is 8.48. The van der Waals surface area contributed by atoms with Gasteiger partial charge in [0.2, 0.25) is 0 Å². The van der Waals surface area contributed by atoms with Crippen LogP contribution in [0.4, 0.5) is 0 Å². The zero-order valence-electron chi connectivity index (χ0n) is 11.2. The fourth-order valence-electron chi connectivity index (χ4n) is 1.88. The molecule has 0 aliphatic carbocycles. The maximum atomic E-state index is 6.51. The summed E-state index contributed by atoms with van der Waals surface area (Å²) in [5.41, 5.74) is 0.0707. The molecule has 1 atom stereocenters. The Morgan fingerprint density at radius 2 is 1.87 bits per heavy atom. The highest BCUT2D eigenvalue weighted by Gasteiger charge is 2.43. The highest BCUT2D eigenvalue weighted by molar-refractivity contribution is 6.74. The molecule has 90 valence electrons. The van der Waals surface area contributed by atoms with E-state index in [9.17, 15) is 0 Å². The van der Waals surface area contributed by atoms with E-state index >= 15 is 0 Å². The van der Waals surface area contributed by atoms with E-state index in [4.69, 9.17) is 4.43 Å². The SMILES string of the molecule is CC1(O[Si](C)(C)C(C)(C)C)CCCNC1. The van der Waals surface area contributed by atoms with Gasteiger partial charge >= 0.3 is 0 Å². The number of hydrogen-bond acceptors (Lipinski definition) is 2. The zero-order chi connectivity index (χ0) is 11.7. The van der Waals surface area contributed by atoms with Crippen LogP contribution in [0.15, 0.2) is 0 Å². The summed E-state index contributed by atoms with van der Waals surface area (Å²) < 4.78 is 6.51. The van der Waals surface area contributed by atoms with Gasteiger partial charge in [-0.25, -0.2) is 0 Å². The molecule has 0 aromatic rings. The molecule has 1 unspecified atom stereocenters. The second kappa shape index (κ2) is 4.19. The molecular formula is C12H27NOSi. The number of hydrogen-bond donors (Lipinski definition) is 1. The van der Waals surface area contributed by atoms with Crippen LogP contribution in [-0.2, 0) is 4.43 Å². The van der Waals surface area contributed by atoms with Gasteiger partial charge in [-0.05, 0) is 44.4 Å². The molecule has 1 N–H and O–H groups in total. The van der Waals surface area contributed by atoms with Crippen molar-refractivity contribution >= 4 is 8.32 Å². The monoisotopic (exact) mass is 229 g/mol. The molecule has 0 radical (unpaired) electrons. The van der Waals surface area contributed by atoms with Crippen LogP contribution in [0.2, 0.25) is 18.1 Å². The lowest BCUT2D eigenvalue weighted by molar-refractivity contribution is 0.0468. The highest BCUT2D eigenvalue weighted by atomic mass is 28.4. The lowest BCUT2D eigenvalue weighted by Gasteiger charge is -2.46. The molecule has 0 aromatic heterocycles. The first-order valence-corrected chi connectivity index (χ1v) is 8.98. The van der Waals surface area contributed by atoms with Crippen molar-refractivity contribution in [2.24, 2.45) is 0 Å². The first-order chi connectivity index (χ1) is 6.66. The van der Waals surface area contributed by atoms with Crippen LogP contribution in [0.25, 0.3) is 0 Å². The Hall–Kier alpha value is 0.137. The molecule has 1 aliphatic heterocycles. The van der Waals surface area contributed by atoms with Gasteiger partial charge in [0.25, 0.3) is 0 Å². The Balaban J connectivity index is 2.67. The Kier molecular flexibility index (Phi) is 3.69. The van der Waals surface area contributed by atoms with E-state index in [1.807, 2.05) is 0 Å². The van der Waals surface area contributed by atoms with E-state index in [2.05, 4.69) is 46.1 Å². The summed E-state index contributed by atoms with van der Waals surface area (Å²) >= 11 is 0. The van der Waals surface area contributed by atoms with Crippen LogP contribution < -0.4 is 5.32 Å². The lowest BCUT2D eigenvalue weighted by Crippen LogP contribution is -2.54. The largest absolute Gasteiger partial charge is 0.410 e. The molecule has 1 saturated heterocycles. The van der Waals surface area contributed by atoms with Gasteiger partial charge in [-0.3, -0.25) is 0 Å². The van der Waals surface area contributed by atoms with Crippen molar-refractivity contribution in [1.29, 1.82) is 0 Å². The topological polar surface area (TPSA) is 21.3 Å². The van der Waals surface area contributed by atoms with Crippen LogP contribution in [0, 0.1) is 0 Å². The van der Waals surface area contributed by atoms with Gasteiger partial charge in [-0.15, -0.1) is 0 Å². The third kappa shape index (κ3) is 3.30. The van der Waals surface area contributed by atoms with Gasteiger partial charge in [-0.2, -0.15) is 0 Å². The average Bonchev–Trinajstić information content (AvgIpc) is 2.00. The van der Waals surface area contributed by atoms with E-state index < -0.39 is 8.32 Å². The van der Waals surface area contributed by atoms with Crippen molar-refractivity contribution in [2.75, 3.05) is 13.1 Å². The highest BCUT2D eigenvalue weighted by Crippen LogP contribution is 2.40. The van der Waals surface area contributed by atoms with E-state index in [1.165, 1.54) is 12.8 Å². The van der Waals surface area contributed by atoms with Gasteiger partial charge in [0, 0.05) is 6.54 Å². The Labute approximate surface area is 95.9 Å². The fraction of sp³-hybridized carbons (Fsp3) is 1.00. The van der Waals surface area contributed by atoms with Crippen molar-refractivity contribution in [3.05, 3.63) is 0 Å². The van der Waals surface area contributed by atoms with Crippen LogP contribution in [0.3, 0.4) is 0 Å². The summed E-state index contributed by atoms with van der Waals surface area (Å²) in [6.45, 7) is 16.0. The third-order valence-electron chi connectivity index (χ3n) is 3.87. The van der Waals surface area contributed by atoms with Crippen molar-refractivity contribution in [1.82, 2.24) is 5.32 Å². The average molecular weight is 229 g/mol. The Morgan fingerprint density at radius 1 is 1.27 bits per heavy atom. The Bertz CT molecular complexity index is 214. The molecule has 0 aromatic carbocycles. The number of piperidine rings is 1. The molecular weight excluding hydrogens is 202 g/mol. The zero-order valence-corrected chi connectivity index (χ0v) is 12.2. The predicted octanol–water partition coefficient (Wildman–Crippen LogP) is 3.15. The van der Waals surface area contributed by atoms with Gasteiger partial charge in [-0.1, -0.05) is 20.8 Å². The molecule has 0 saturated carbocycles. The maximum absolute atomic E-state index is 6.51. The summed E-state index contributed by atoms with van der Waals surface area (Å²) in [6, 6.07) is 0. The van der Waals surface area contributed by atoms with Crippen molar-refractivity contribution < 1.29 is 4.43 Å². The standard InChI is InChI=1S/C12H27NOSi/c1-11(2,3)15(5,6)14-12(4)8-7-9-13-10-12/h13H,7-10H2,1-6H3. The first kappa shape index (κ1) is 13.2. The summed E-state index contributed by atoms with van der Waals surface area (Å²) in [7, 11) is -1.60. The summed E-state index contributed by atoms with van der Waals surface area (Å²) in [4.78, 5) is 0. The van der Waals surface area contributed by atoms with E-state index in [-0.39, 0.29) is 5.60 Å². The summed E-state index contributed by atoms with van der Waals surface area (Å²) in [5, 5.41) is 3.76. The van der Waals surface area contributed by atoms with Crippen LogP contribution in [-0.4, -0.2) is 27.0 Å². The quantitative estimate of drug-likeness (QED) is 0.735. The minimum Gasteiger partial charge on any atom is -0.410 e. The Morgan fingerprint density at radius 3 is 2.27 bits per heavy atom. The molecule has 1 heterocycles. The van der Waals surface area contributed by atoms with Gasteiger partial charge in [0.1, 0.15) is 0 Å². The number of rotatable bonds is 2. The van der Waals surface area contributed by atoms with Gasteiger partial charge < -0.3 is 9.74 Å². The molecule has 1 aliphatic rings. The summed E-state index contributed by atoms with van der Waals surface area (Å²) in [6.07, 6.45) is 2.44.